The minimum Gasteiger partial charge on any atom is -0.359 e. The maximum absolute atomic E-state index is 12.7. The number of aromatic amines is 1. The van der Waals surface area contributed by atoms with Gasteiger partial charge in [0.05, 0.1) is 0 Å². The molecule has 0 unspecified atom stereocenters. The van der Waals surface area contributed by atoms with Crippen LogP contribution in [-0.4, -0.2) is 22.5 Å². The molecule has 1 aromatic heterocycles. The molecule has 1 aliphatic heterocycles. The van der Waals surface area contributed by atoms with Gasteiger partial charge in [-0.3, -0.25) is 0 Å². The van der Waals surface area contributed by atoms with E-state index in [4.69, 9.17) is 0 Å². The topological polar surface area (TPSA) is 48.1 Å². The molecule has 2 aromatic carbocycles. The molecule has 0 aliphatic carbocycles. The second kappa shape index (κ2) is 6.04. The van der Waals surface area contributed by atoms with Crippen molar-refractivity contribution in [2.24, 2.45) is 0 Å². The van der Waals surface area contributed by atoms with Gasteiger partial charge in [-0.2, -0.15) is 0 Å². The summed E-state index contributed by atoms with van der Waals surface area (Å²) >= 11 is 0. The van der Waals surface area contributed by atoms with Gasteiger partial charge in [-0.1, -0.05) is 24.3 Å². The van der Waals surface area contributed by atoms with E-state index < -0.39 is 0 Å². The number of nitrogens with one attached hydrogen (secondary N) is 2. The largest absolute Gasteiger partial charge is 0.359 e. The first-order valence-corrected chi connectivity index (χ1v) is 8.41. The molecule has 4 heteroatoms. The number of carbonyl (C=O) groups is 1. The summed E-state index contributed by atoms with van der Waals surface area (Å²) < 4.78 is 0. The van der Waals surface area contributed by atoms with Crippen LogP contribution in [0.2, 0.25) is 0 Å². The lowest BCUT2D eigenvalue weighted by Gasteiger charge is -2.21. The van der Waals surface area contributed by atoms with Crippen molar-refractivity contribution >= 4 is 22.6 Å². The number of H-pyrrole nitrogens is 1. The fourth-order valence-corrected chi connectivity index (χ4v) is 3.43. The quantitative estimate of drug-likeness (QED) is 0.683. The number of carbonyl (C=O) groups excluding carboxylic acids is 1. The zero-order chi connectivity index (χ0) is 16.5. The predicted octanol–water partition coefficient (Wildman–Crippen LogP) is 4.46. The molecule has 2 N–H and O–H groups in total. The van der Waals surface area contributed by atoms with Crippen molar-refractivity contribution < 1.29 is 4.79 Å². The second-order valence-corrected chi connectivity index (χ2v) is 6.48. The Morgan fingerprint density at radius 1 is 1.12 bits per heavy atom. The number of hydrogen-bond donors (Lipinski definition) is 2. The summed E-state index contributed by atoms with van der Waals surface area (Å²) in [6.45, 7) is 3.49. The van der Waals surface area contributed by atoms with Crippen molar-refractivity contribution in [2.75, 3.05) is 11.9 Å². The number of aryl methyl sites for hydroxylation is 2. The van der Waals surface area contributed by atoms with Crippen LogP contribution in [0.3, 0.4) is 0 Å². The van der Waals surface area contributed by atoms with E-state index in [1.54, 1.807) is 0 Å². The number of amides is 2. The number of fused-ring (bicyclic) bond motifs is 2. The summed E-state index contributed by atoms with van der Waals surface area (Å²) in [6, 6.07) is 16.4. The normalized spacial score (nSPS) is 14.3. The molecule has 0 radical (unpaired) electrons. The van der Waals surface area contributed by atoms with E-state index in [9.17, 15) is 4.79 Å². The molecular formula is C20H21N3O. The molecule has 4 nitrogen and oxygen atoms in total. The van der Waals surface area contributed by atoms with Gasteiger partial charge in [0.1, 0.15) is 0 Å². The maximum atomic E-state index is 12.7. The molecule has 0 bridgehead atoms. The van der Waals surface area contributed by atoms with E-state index >= 15 is 0 Å². The van der Waals surface area contributed by atoms with Crippen LogP contribution in [0.25, 0.3) is 10.9 Å². The molecule has 0 fully saturated rings. The Hall–Kier alpha value is -2.75. The molecule has 122 valence electrons. The Labute approximate surface area is 141 Å². The first kappa shape index (κ1) is 14.8. The molecule has 1 aliphatic rings. The highest BCUT2D eigenvalue weighted by molar-refractivity contribution is 5.93. The lowest BCUT2D eigenvalue weighted by atomic mass is 10.0. The first-order chi connectivity index (χ1) is 11.7. The molecule has 0 spiro atoms. The molecule has 0 saturated heterocycles. The van der Waals surface area contributed by atoms with Gasteiger partial charge in [0.25, 0.3) is 0 Å². The Kier molecular flexibility index (Phi) is 3.73. The Morgan fingerprint density at radius 3 is 2.83 bits per heavy atom. The third kappa shape index (κ3) is 2.87. The molecule has 2 heterocycles. The highest BCUT2D eigenvalue weighted by Crippen LogP contribution is 2.22. The molecule has 2 amide bonds. The summed E-state index contributed by atoms with van der Waals surface area (Å²) in [5.74, 6) is 0. The number of nitrogens with zero attached hydrogens (tertiary/aromatic N) is 1. The van der Waals surface area contributed by atoms with E-state index in [1.807, 2.05) is 36.1 Å². The van der Waals surface area contributed by atoms with Crippen LogP contribution < -0.4 is 5.32 Å². The molecule has 0 saturated carbocycles. The standard InChI is InChI=1S/C20H21N3O/c1-14-11-17-12-18(8-9-19(17)21-14)22-20(24)23-10-4-7-15-5-2-3-6-16(15)13-23/h2-3,5-6,8-9,11-12,21H,4,7,10,13H2,1H3,(H,22,24). The number of anilines is 1. The Bertz CT molecular complexity index is 897. The summed E-state index contributed by atoms with van der Waals surface area (Å²) in [5, 5.41) is 4.16. The molecule has 24 heavy (non-hydrogen) atoms. The van der Waals surface area contributed by atoms with Crippen molar-refractivity contribution in [2.45, 2.75) is 26.3 Å². The highest BCUT2D eigenvalue weighted by atomic mass is 16.2. The SMILES string of the molecule is Cc1cc2cc(NC(=O)N3CCCc4ccccc4C3)ccc2[nH]1. The average Bonchev–Trinajstić information content (AvgIpc) is 2.80. The number of rotatable bonds is 1. The van der Waals surface area contributed by atoms with Crippen LogP contribution in [0.4, 0.5) is 10.5 Å². The van der Waals surface area contributed by atoms with Crippen molar-refractivity contribution in [1.29, 1.82) is 0 Å². The minimum absolute atomic E-state index is 0.0293. The van der Waals surface area contributed by atoms with Gasteiger partial charge >= 0.3 is 6.03 Å². The van der Waals surface area contributed by atoms with Crippen LogP contribution in [0, 0.1) is 6.92 Å². The van der Waals surface area contributed by atoms with Crippen LogP contribution in [-0.2, 0) is 13.0 Å². The third-order valence-corrected chi connectivity index (χ3v) is 4.65. The average molecular weight is 319 g/mol. The zero-order valence-corrected chi connectivity index (χ0v) is 13.8. The fourth-order valence-electron chi connectivity index (χ4n) is 3.43. The van der Waals surface area contributed by atoms with Crippen LogP contribution in [0.1, 0.15) is 23.2 Å². The van der Waals surface area contributed by atoms with Crippen molar-refractivity contribution in [1.82, 2.24) is 9.88 Å². The smallest absolute Gasteiger partial charge is 0.322 e. The number of hydrogen-bond acceptors (Lipinski definition) is 1. The molecule has 3 aromatic rings. The summed E-state index contributed by atoms with van der Waals surface area (Å²) in [4.78, 5) is 17.9. The summed E-state index contributed by atoms with van der Waals surface area (Å²) in [6.07, 6.45) is 2.04. The second-order valence-electron chi connectivity index (χ2n) is 6.48. The van der Waals surface area contributed by atoms with Gasteiger partial charge in [-0.05, 0) is 55.2 Å². The van der Waals surface area contributed by atoms with Gasteiger partial charge in [-0.15, -0.1) is 0 Å². The Balaban J connectivity index is 1.52. The van der Waals surface area contributed by atoms with Gasteiger partial charge in [0, 0.05) is 35.4 Å². The predicted molar refractivity (Wildman–Crippen MR) is 97.2 cm³/mol. The molecular weight excluding hydrogens is 298 g/mol. The van der Waals surface area contributed by atoms with E-state index in [0.29, 0.717) is 6.54 Å². The van der Waals surface area contributed by atoms with E-state index in [0.717, 1.165) is 41.7 Å². The van der Waals surface area contributed by atoms with Crippen molar-refractivity contribution in [3.05, 3.63) is 65.4 Å². The third-order valence-electron chi connectivity index (χ3n) is 4.65. The van der Waals surface area contributed by atoms with E-state index in [2.05, 4.69) is 34.6 Å². The monoisotopic (exact) mass is 319 g/mol. The van der Waals surface area contributed by atoms with E-state index in [-0.39, 0.29) is 6.03 Å². The Morgan fingerprint density at radius 2 is 1.96 bits per heavy atom. The van der Waals surface area contributed by atoms with Gasteiger partial charge in [0.2, 0.25) is 0 Å². The van der Waals surface area contributed by atoms with Crippen molar-refractivity contribution in [3.8, 4) is 0 Å². The summed E-state index contributed by atoms with van der Waals surface area (Å²) in [7, 11) is 0. The minimum atomic E-state index is -0.0293. The highest BCUT2D eigenvalue weighted by Gasteiger charge is 2.18. The van der Waals surface area contributed by atoms with E-state index in [1.165, 1.54) is 11.1 Å². The number of benzene rings is 2. The van der Waals surface area contributed by atoms with Crippen LogP contribution in [0.5, 0.6) is 0 Å². The first-order valence-electron chi connectivity index (χ1n) is 8.41. The molecule has 4 rings (SSSR count). The van der Waals surface area contributed by atoms with Crippen LogP contribution >= 0.6 is 0 Å². The van der Waals surface area contributed by atoms with Gasteiger partial charge in [0.15, 0.2) is 0 Å². The number of urea groups is 1. The molecule has 0 atom stereocenters. The van der Waals surface area contributed by atoms with Crippen molar-refractivity contribution in [3.63, 3.8) is 0 Å². The zero-order valence-electron chi connectivity index (χ0n) is 13.8. The van der Waals surface area contributed by atoms with Gasteiger partial charge in [-0.25, -0.2) is 4.79 Å². The lowest BCUT2D eigenvalue weighted by Crippen LogP contribution is -2.34. The maximum Gasteiger partial charge on any atom is 0.322 e. The lowest BCUT2D eigenvalue weighted by molar-refractivity contribution is 0.210. The number of aromatic nitrogens is 1. The fraction of sp³-hybridized carbons (Fsp3) is 0.250. The summed E-state index contributed by atoms with van der Waals surface area (Å²) in [5.41, 5.74) is 5.66. The van der Waals surface area contributed by atoms with Crippen LogP contribution in [0.15, 0.2) is 48.5 Å². The van der Waals surface area contributed by atoms with Gasteiger partial charge < -0.3 is 15.2 Å².